The van der Waals surface area contributed by atoms with Crippen molar-refractivity contribution < 1.29 is 0 Å². The first-order valence-corrected chi connectivity index (χ1v) is 5.68. The molecule has 13 heavy (non-hydrogen) atoms. The second-order valence-electron chi connectivity index (χ2n) is 3.46. The van der Waals surface area contributed by atoms with Crippen LogP contribution in [-0.2, 0) is 6.42 Å². The van der Waals surface area contributed by atoms with Crippen molar-refractivity contribution in [3.8, 4) is 0 Å². The zero-order valence-electron chi connectivity index (χ0n) is 8.20. The van der Waals surface area contributed by atoms with Crippen molar-refractivity contribution in [2.45, 2.75) is 31.5 Å². The molecule has 0 fully saturated rings. The second-order valence-corrected chi connectivity index (χ2v) is 4.64. The summed E-state index contributed by atoms with van der Waals surface area (Å²) in [5.74, 6) is 0.730. The van der Waals surface area contributed by atoms with Gasteiger partial charge in [-0.2, -0.15) is 0 Å². The average molecular weight is 242 g/mol. The lowest BCUT2D eigenvalue weighted by atomic mass is 9.99. The van der Waals surface area contributed by atoms with Crippen molar-refractivity contribution in [2.24, 2.45) is 5.92 Å². The van der Waals surface area contributed by atoms with Crippen LogP contribution in [-0.4, -0.2) is 9.81 Å². The Morgan fingerprint density at radius 2 is 2.00 bits per heavy atom. The average Bonchev–Trinajstić information content (AvgIpc) is 2.18. The van der Waals surface area contributed by atoms with E-state index in [0.29, 0.717) is 4.83 Å². The van der Waals surface area contributed by atoms with Crippen LogP contribution < -0.4 is 0 Å². The molecule has 1 nitrogen and oxygen atoms in total. The molecule has 0 bridgehead atoms. The highest BCUT2D eigenvalue weighted by Gasteiger charge is 2.11. The topological polar surface area (TPSA) is 12.9 Å². The lowest BCUT2D eigenvalue weighted by molar-refractivity contribution is 0.538. The molecule has 0 radical (unpaired) electrons. The Labute approximate surface area is 88.7 Å². The Balaban J connectivity index is 2.50. The molecule has 0 spiro atoms. The van der Waals surface area contributed by atoms with Gasteiger partial charge in [0.1, 0.15) is 0 Å². The highest BCUT2D eigenvalue weighted by atomic mass is 79.9. The van der Waals surface area contributed by atoms with Gasteiger partial charge >= 0.3 is 0 Å². The standard InChI is InChI=1S/C11H16BrN/c1-3-9(2)11(12)8-10-4-6-13-7-5-10/h4-7,9,11H,3,8H2,1-2H3. The molecule has 0 aliphatic rings. The van der Waals surface area contributed by atoms with Gasteiger partial charge in [0, 0.05) is 17.2 Å². The molecule has 72 valence electrons. The summed E-state index contributed by atoms with van der Waals surface area (Å²) in [5, 5.41) is 0. The van der Waals surface area contributed by atoms with E-state index in [1.165, 1.54) is 12.0 Å². The van der Waals surface area contributed by atoms with Gasteiger partial charge in [0.2, 0.25) is 0 Å². The first-order chi connectivity index (χ1) is 6.24. The molecule has 0 saturated carbocycles. The van der Waals surface area contributed by atoms with Crippen LogP contribution in [0.3, 0.4) is 0 Å². The van der Waals surface area contributed by atoms with Crippen LogP contribution >= 0.6 is 15.9 Å². The van der Waals surface area contributed by atoms with Gasteiger partial charge in [0.05, 0.1) is 0 Å². The number of rotatable bonds is 4. The SMILES string of the molecule is CCC(C)C(Br)Cc1ccncc1. The van der Waals surface area contributed by atoms with Crippen LogP contribution in [0.4, 0.5) is 0 Å². The number of hydrogen-bond acceptors (Lipinski definition) is 1. The minimum atomic E-state index is 0.583. The second kappa shape index (κ2) is 5.38. The highest BCUT2D eigenvalue weighted by molar-refractivity contribution is 9.09. The van der Waals surface area contributed by atoms with Gasteiger partial charge in [-0.1, -0.05) is 36.2 Å². The van der Waals surface area contributed by atoms with E-state index in [1.54, 1.807) is 0 Å². The van der Waals surface area contributed by atoms with E-state index >= 15 is 0 Å². The Hall–Kier alpha value is -0.370. The molecule has 1 heterocycles. The monoisotopic (exact) mass is 241 g/mol. The third-order valence-electron chi connectivity index (χ3n) is 2.44. The Morgan fingerprint density at radius 1 is 1.38 bits per heavy atom. The summed E-state index contributed by atoms with van der Waals surface area (Å²) in [6.07, 6.45) is 6.02. The van der Waals surface area contributed by atoms with Gasteiger partial charge in [-0.3, -0.25) is 4.98 Å². The highest BCUT2D eigenvalue weighted by Crippen LogP contribution is 2.20. The van der Waals surface area contributed by atoms with Crippen LogP contribution in [0.5, 0.6) is 0 Å². The maximum Gasteiger partial charge on any atom is 0.0270 e. The zero-order chi connectivity index (χ0) is 9.68. The van der Waals surface area contributed by atoms with Gasteiger partial charge in [-0.25, -0.2) is 0 Å². The number of halogens is 1. The van der Waals surface area contributed by atoms with Gasteiger partial charge < -0.3 is 0 Å². The van der Waals surface area contributed by atoms with E-state index in [2.05, 4.69) is 46.9 Å². The number of alkyl halides is 1. The fraction of sp³-hybridized carbons (Fsp3) is 0.545. The van der Waals surface area contributed by atoms with E-state index in [4.69, 9.17) is 0 Å². The fourth-order valence-electron chi connectivity index (χ4n) is 1.20. The molecule has 1 aromatic rings. The van der Waals surface area contributed by atoms with Gasteiger partial charge in [0.25, 0.3) is 0 Å². The van der Waals surface area contributed by atoms with E-state index < -0.39 is 0 Å². The summed E-state index contributed by atoms with van der Waals surface area (Å²) in [6.45, 7) is 4.51. The largest absolute Gasteiger partial charge is 0.265 e. The van der Waals surface area contributed by atoms with Gasteiger partial charge in [0.15, 0.2) is 0 Å². The maximum absolute atomic E-state index is 4.00. The Bertz CT molecular complexity index is 235. The number of nitrogens with zero attached hydrogens (tertiary/aromatic N) is 1. The lowest BCUT2D eigenvalue weighted by Crippen LogP contribution is -2.12. The van der Waals surface area contributed by atoms with Crippen LogP contribution in [0.1, 0.15) is 25.8 Å². The molecule has 0 aromatic carbocycles. The third-order valence-corrected chi connectivity index (χ3v) is 3.67. The smallest absolute Gasteiger partial charge is 0.0270 e. The molecule has 1 rings (SSSR count). The third kappa shape index (κ3) is 3.47. The van der Waals surface area contributed by atoms with Crippen molar-refractivity contribution in [3.63, 3.8) is 0 Å². The molecule has 1 aromatic heterocycles. The van der Waals surface area contributed by atoms with Crippen LogP contribution in [0.15, 0.2) is 24.5 Å². The van der Waals surface area contributed by atoms with Crippen LogP contribution in [0.25, 0.3) is 0 Å². The van der Waals surface area contributed by atoms with E-state index in [-0.39, 0.29) is 0 Å². The normalized spacial score (nSPS) is 15.3. The minimum Gasteiger partial charge on any atom is -0.265 e. The fourth-order valence-corrected chi connectivity index (χ4v) is 1.95. The molecule has 2 atom stereocenters. The van der Waals surface area contributed by atoms with E-state index in [0.717, 1.165) is 12.3 Å². The van der Waals surface area contributed by atoms with Gasteiger partial charge in [-0.15, -0.1) is 0 Å². The van der Waals surface area contributed by atoms with Crippen molar-refractivity contribution >= 4 is 15.9 Å². The molecule has 0 saturated heterocycles. The quantitative estimate of drug-likeness (QED) is 0.737. The first-order valence-electron chi connectivity index (χ1n) is 4.77. The van der Waals surface area contributed by atoms with E-state index in [1.807, 2.05) is 12.4 Å². The number of aromatic nitrogens is 1. The molecular weight excluding hydrogens is 226 g/mol. The maximum atomic E-state index is 4.00. The van der Waals surface area contributed by atoms with Crippen molar-refractivity contribution in [2.75, 3.05) is 0 Å². The summed E-state index contributed by atoms with van der Waals surface area (Å²) in [4.78, 5) is 4.59. The molecule has 0 aliphatic heterocycles. The summed E-state index contributed by atoms with van der Waals surface area (Å²) in [6, 6.07) is 4.16. The molecule has 2 unspecified atom stereocenters. The van der Waals surface area contributed by atoms with Crippen molar-refractivity contribution in [1.29, 1.82) is 0 Å². The summed E-state index contributed by atoms with van der Waals surface area (Å²) in [5.41, 5.74) is 1.36. The zero-order valence-corrected chi connectivity index (χ0v) is 9.79. The predicted octanol–water partition coefficient (Wildman–Crippen LogP) is 3.43. The van der Waals surface area contributed by atoms with Crippen LogP contribution in [0, 0.1) is 5.92 Å². The lowest BCUT2D eigenvalue weighted by Gasteiger charge is -2.16. The molecule has 0 aliphatic carbocycles. The number of pyridine rings is 1. The molecular formula is C11H16BrN. The first kappa shape index (κ1) is 10.7. The summed E-state index contributed by atoms with van der Waals surface area (Å²) >= 11 is 3.72. The minimum absolute atomic E-state index is 0.583. The Kier molecular flexibility index (Phi) is 4.43. The van der Waals surface area contributed by atoms with E-state index in [9.17, 15) is 0 Å². The van der Waals surface area contributed by atoms with Gasteiger partial charge in [-0.05, 0) is 30.0 Å². The van der Waals surface area contributed by atoms with Crippen molar-refractivity contribution in [3.05, 3.63) is 30.1 Å². The molecule has 0 amide bonds. The molecule has 0 N–H and O–H groups in total. The summed E-state index contributed by atoms with van der Waals surface area (Å²) in [7, 11) is 0. The van der Waals surface area contributed by atoms with Crippen molar-refractivity contribution in [1.82, 2.24) is 4.98 Å². The summed E-state index contributed by atoms with van der Waals surface area (Å²) < 4.78 is 0. The Morgan fingerprint density at radius 3 is 2.54 bits per heavy atom. The van der Waals surface area contributed by atoms with Crippen LogP contribution in [0.2, 0.25) is 0 Å². The molecule has 2 heteroatoms. The number of hydrogen-bond donors (Lipinski definition) is 0. The predicted molar refractivity (Wildman–Crippen MR) is 60.1 cm³/mol.